The first-order valence-corrected chi connectivity index (χ1v) is 25.9. The van der Waals surface area contributed by atoms with Gasteiger partial charge >= 0.3 is 0 Å². The molecule has 1 saturated heterocycles. The molecule has 424 valence electrons. The topological polar surface area (TPSA) is 424 Å². The van der Waals surface area contributed by atoms with Crippen molar-refractivity contribution < 1.29 is 52.7 Å². The third kappa shape index (κ3) is 23.3. The molecule has 0 unspecified atom stereocenters. The quantitative estimate of drug-likeness (QED) is 0.0209. The second-order valence-electron chi connectivity index (χ2n) is 20.1. The number of unbranched alkanes of at least 4 members (excludes halogenated alkanes) is 1. The molecule has 1 aliphatic rings. The zero-order valence-electron chi connectivity index (χ0n) is 44.6. The van der Waals surface area contributed by atoms with Crippen LogP contribution in [0.15, 0.2) is 59.6 Å². The zero-order chi connectivity index (χ0) is 57.2. The van der Waals surface area contributed by atoms with Crippen LogP contribution in [0.2, 0.25) is 0 Å². The zero-order valence-corrected chi connectivity index (χ0v) is 44.6. The number of hydrogen-bond donors (Lipinski definition) is 12. The molecule has 2 aromatic carbocycles. The summed E-state index contributed by atoms with van der Waals surface area (Å²) in [5.74, 6) is -7.70. The van der Waals surface area contributed by atoms with Gasteiger partial charge in [-0.3, -0.25) is 52.9 Å². The van der Waals surface area contributed by atoms with E-state index in [1.807, 2.05) is 27.7 Å². The number of carbonyl (C=O) groups excluding carboxylic acids is 10. The van der Waals surface area contributed by atoms with Gasteiger partial charge in [0, 0.05) is 38.8 Å². The lowest BCUT2D eigenvalue weighted by Gasteiger charge is -2.31. The number of primary amides is 3. The lowest BCUT2D eigenvalue weighted by Crippen LogP contribution is -2.60. The molecule has 7 atom stereocenters. The van der Waals surface area contributed by atoms with E-state index in [1.165, 1.54) is 4.90 Å². The number of rotatable bonds is 33. The molecule has 0 spiro atoms. The first-order chi connectivity index (χ1) is 36.4. The summed E-state index contributed by atoms with van der Waals surface area (Å²) in [5, 5.41) is 15.8. The summed E-state index contributed by atoms with van der Waals surface area (Å²) < 4.78 is 5.56. The van der Waals surface area contributed by atoms with Crippen LogP contribution in [0.4, 0.5) is 0 Å². The van der Waals surface area contributed by atoms with Crippen molar-refractivity contribution in [2.45, 2.75) is 153 Å². The van der Waals surface area contributed by atoms with Gasteiger partial charge in [-0.05, 0) is 93.5 Å². The van der Waals surface area contributed by atoms with Gasteiger partial charge in [0.1, 0.15) is 48.0 Å². The lowest BCUT2D eigenvalue weighted by atomic mass is 9.91. The summed E-state index contributed by atoms with van der Waals surface area (Å²) in [6.45, 7) is 8.40. The fraction of sp³-hybridized carbons (Fsp3) is 0.558. The monoisotopic (exact) mass is 1080 g/mol. The van der Waals surface area contributed by atoms with Gasteiger partial charge in [-0.25, -0.2) is 0 Å². The van der Waals surface area contributed by atoms with Crippen LogP contribution in [0.3, 0.4) is 0 Å². The molecule has 1 aliphatic heterocycles. The molecular formula is C52H80N14O11. The number of nitrogens with zero attached hydrogens (tertiary/aromatic N) is 2. The Bertz CT molecular complexity index is 2360. The maximum atomic E-state index is 14.5. The second kappa shape index (κ2) is 31.9. The van der Waals surface area contributed by atoms with Crippen LogP contribution in [0.5, 0.6) is 5.75 Å². The van der Waals surface area contributed by atoms with Crippen LogP contribution in [0.25, 0.3) is 0 Å². The van der Waals surface area contributed by atoms with E-state index < -0.39 is 126 Å². The number of ether oxygens (including phenoxy) is 1. The Morgan fingerprint density at radius 2 is 1.21 bits per heavy atom. The molecule has 1 fully saturated rings. The molecule has 0 aromatic heterocycles. The van der Waals surface area contributed by atoms with E-state index in [4.69, 9.17) is 39.1 Å². The molecule has 77 heavy (non-hydrogen) atoms. The lowest BCUT2D eigenvalue weighted by molar-refractivity contribution is -0.142. The van der Waals surface area contributed by atoms with E-state index in [0.29, 0.717) is 49.2 Å². The predicted octanol–water partition coefficient (Wildman–Crippen LogP) is -1.98. The SMILES string of the molecule is CCOc1ccc(C[C@@H](NC(=O)CC(C)(C)C)C(=O)N[C@@H](Cc2ccccc2)C(=O)N[C@@H](CCC(N)=O)C(=O)N[C@@H](CC(N)=O)C(=O)N[C@@H](CCCCN)C(=O)N2CCC[C@@H]2C(=O)N[C@@H](CCCN=C(N)N)C(N)=O)cc1. The smallest absolute Gasteiger partial charge is 0.245 e. The third-order valence-corrected chi connectivity index (χ3v) is 12.3. The average molecular weight is 1080 g/mol. The van der Waals surface area contributed by atoms with Gasteiger partial charge in [-0.15, -0.1) is 0 Å². The summed E-state index contributed by atoms with van der Waals surface area (Å²) in [7, 11) is 0. The number of hydrogen-bond acceptors (Lipinski definition) is 13. The first kappa shape index (κ1) is 63.5. The number of nitrogens with one attached hydrogen (secondary N) is 6. The Labute approximate surface area is 449 Å². The van der Waals surface area contributed by atoms with Crippen molar-refractivity contribution in [1.82, 2.24) is 36.8 Å². The molecule has 2 aromatic rings. The van der Waals surface area contributed by atoms with E-state index in [2.05, 4.69) is 36.9 Å². The fourth-order valence-electron chi connectivity index (χ4n) is 8.49. The van der Waals surface area contributed by atoms with Crippen LogP contribution in [0.1, 0.15) is 109 Å². The van der Waals surface area contributed by atoms with Crippen LogP contribution < -0.4 is 71.0 Å². The molecule has 0 radical (unpaired) electrons. The van der Waals surface area contributed by atoms with Crippen molar-refractivity contribution in [1.29, 1.82) is 0 Å². The van der Waals surface area contributed by atoms with Crippen molar-refractivity contribution in [3.8, 4) is 5.75 Å². The largest absolute Gasteiger partial charge is 0.494 e. The highest BCUT2D eigenvalue weighted by Gasteiger charge is 2.40. The molecule has 25 heteroatoms. The van der Waals surface area contributed by atoms with E-state index in [0.717, 1.165) is 0 Å². The van der Waals surface area contributed by atoms with Crippen LogP contribution in [-0.4, -0.2) is 138 Å². The highest BCUT2D eigenvalue weighted by molar-refractivity contribution is 5.99. The van der Waals surface area contributed by atoms with E-state index >= 15 is 0 Å². The van der Waals surface area contributed by atoms with Crippen molar-refractivity contribution in [2.24, 2.45) is 44.8 Å². The van der Waals surface area contributed by atoms with Crippen molar-refractivity contribution >= 4 is 65.0 Å². The molecule has 25 nitrogen and oxygen atoms in total. The molecule has 0 bridgehead atoms. The molecule has 10 amide bonds. The second-order valence-corrected chi connectivity index (χ2v) is 20.1. The van der Waals surface area contributed by atoms with Gasteiger partial charge in [0.05, 0.1) is 13.0 Å². The fourth-order valence-corrected chi connectivity index (χ4v) is 8.49. The Kier molecular flexibility index (Phi) is 26.3. The number of nitrogens with two attached hydrogens (primary N) is 6. The number of aliphatic imine (C=N–C) groups is 1. The molecule has 3 rings (SSSR count). The molecular weight excluding hydrogens is 997 g/mol. The highest BCUT2D eigenvalue weighted by atomic mass is 16.5. The van der Waals surface area contributed by atoms with Crippen LogP contribution in [-0.2, 0) is 60.8 Å². The summed E-state index contributed by atoms with van der Waals surface area (Å²) in [5.41, 5.74) is 34.0. The van der Waals surface area contributed by atoms with E-state index in [9.17, 15) is 47.9 Å². The first-order valence-electron chi connectivity index (χ1n) is 25.9. The number of amides is 10. The number of benzene rings is 2. The normalized spacial score (nSPS) is 15.4. The van der Waals surface area contributed by atoms with Gasteiger partial charge in [-0.1, -0.05) is 63.2 Å². The summed E-state index contributed by atoms with van der Waals surface area (Å²) in [6.07, 6.45) is 0.172. The summed E-state index contributed by atoms with van der Waals surface area (Å²) in [6, 6.07) is 6.18. The maximum absolute atomic E-state index is 14.5. The number of guanidine groups is 1. The Morgan fingerprint density at radius 1 is 0.649 bits per heavy atom. The molecule has 0 saturated carbocycles. The Balaban J connectivity index is 1.92. The van der Waals surface area contributed by atoms with Gasteiger partial charge in [-0.2, -0.15) is 0 Å². The van der Waals surface area contributed by atoms with Gasteiger partial charge in [0.2, 0.25) is 59.1 Å². The maximum Gasteiger partial charge on any atom is 0.245 e. The Morgan fingerprint density at radius 3 is 1.78 bits per heavy atom. The van der Waals surface area contributed by atoms with Crippen LogP contribution >= 0.6 is 0 Å². The summed E-state index contributed by atoms with van der Waals surface area (Å²) in [4.78, 5) is 141. The number of likely N-dealkylation sites (tertiary alicyclic amines) is 1. The molecule has 1 heterocycles. The van der Waals surface area contributed by atoms with Gasteiger partial charge in [0.25, 0.3) is 0 Å². The highest BCUT2D eigenvalue weighted by Crippen LogP contribution is 2.22. The average Bonchev–Trinajstić information content (AvgIpc) is 3.85. The minimum absolute atomic E-state index is 0.0195. The standard InChI is InChI=1S/C52H80N14O11/c1-5-77-33-20-18-32(19-21-33)28-37(60-43(69)30-52(2,3)4)46(72)64-38(27-31-13-7-6-8-14-31)47(73)62-35(22-23-41(54)67)45(71)65-39(29-42(55)68)48(74)63-36(15-9-10-24-53)50(76)66-26-12-17-40(66)49(75)61-34(44(56)70)16-11-25-59-51(57)58/h6-8,13-14,18-21,34-40H,5,9-12,15-17,22-30,53H2,1-4H3,(H2,54,67)(H2,55,68)(H2,56,70)(H,60,69)(H,61,75)(H,62,73)(H,63,74)(H,64,72)(H,65,71)(H4,57,58,59)/t34-,35-,36-,37+,38-,39-,40+/m0/s1. The minimum Gasteiger partial charge on any atom is -0.494 e. The minimum atomic E-state index is -1.74. The summed E-state index contributed by atoms with van der Waals surface area (Å²) >= 11 is 0. The molecule has 0 aliphatic carbocycles. The predicted molar refractivity (Wildman–Crippen MR) is 286 cm³/mol. The third-order valence-electron chi connectivity index (χ3n) is 12.3. The number of carbonyl (C=O) groups is 10. The van der Waals surface area contributed by atoms with Gasteiger partial charge in [0.15, 0.2) is 5.96 Å². The Hall–Kier alpha value is -7.83. The van der Waals surface area contributed by atoms with E-state index in [1.54, 1.807) is 54.6 Å². The van der Waals surface area contributed by atoms with Crippen molar-refractivity contribution in [2.75, 3.05) is 26.2 Å². The van der Waals surface area contributed by atoms with Crippen LogP contribution in [0, 0.1) is 5.41 Å². The molecule has 18 N–H and O–H groups in total. The van der Waals surface area contributed by atoms with Gasteiger partial charge < -0.3 is 75.9 Å². The van der Waals surface area contributed by atoms with E-state index in [-0.39, 0.29) is 64.1 Å². The van der Waals surface area contributed by atoms with Crippen molar-refractivity contribution in [3.63, 3.8) is 0 Å². The van der Waals surface area contributed by atoms with Crippen molar-refractivity contribution in [3.05, 3.63) is 65.7 Å².